The molecule has 1 unspecified atom stereocenters. The first-order chi connectivity index (χ1) is 12.2. The number of piperidine rings is 1. The fraction of sp³-hybridized carbons (Fsp3) is 0.389. The first kappa shape index (κ1) is 15.9. The minimum atomic E-state index is -0.556. The van der Waals surface area contributed by atoms with Crippen LogP contribution in [0.4, 0.5) is 14.6 Å². The maximum absolute atomic E-state index is 14.4. The molecule has 0 amide bonds. The van der Waals surface area contributed by atoms with Crippen LogP contribution in [-0.4, -0.2) is 26.1 Å². The first-order valence-corrected chi connectivity index (χ1v) is 8.58. The Morgan fingerprint density at radius 1 is 1.20 bits per heavy atom. The third-order valence-corrected chi connectivity index (χ3v) is 4.77. The molecule has 1 fully saturated rings. The fourth-order valence-corrected chi connectivity index (χ4v) is 3.53. The van der Waals surface area contributed by atoms with Crippen molar-refractivity contribution >= 4 is 11.6 Å². The summed E-state index contributed by atoms with van der Waals surface area (Å²) in [5.74, 6) is 0.335. The Bertz CT molecular complexity index is 908. The highest BCUT2D eigenvalue weighted by Crippen LogP contribution is 2.36. The van der Waals surface area contributed by atoms with Crippen LogP contribution < -0.4 is 4.90 Å². The van der Waals surface area contributed by atoms with Crippen molar-refractivity contribution in [1.82, 2.24) is 19.6 Å². The van der Waals surface area contributed by atoms with E-state index in [9.17, 15) is 8.78 Å². The van der Waals surface area contributed by atoms with Crippen LogP contribution >= 0.6 is 0 Å². The summed E-state index contributed by atoms with van der Waals surface area (Å²) < 4.78 is 29.4. The van der Waals surface area contributed by atoms with Crippen molar-refractivity contribution in [3.8, 4) is 0 Å². The van der Waals surface area contributed by atoms with E-state index in [4.69, 9.17) is 0 Å². The van der Waals surface area contributed by atoms with Crippen molar-refractivity contribution in [2.45, 2.75) is 38.6 Å². The topological polar surface area (TPSA) is 46.3 Å². The molecule has 5 nitrogen and oxygen atoms in total. The summed E-state index contributed by atoms with van der Waals surface area (Å²) >= 11 is 0. The lowest BCUT2D eigenvalue weighted by Gasteiger charge is -2.37. The smallest absolute Gasteiger partial charge is 0.254 e. The van der Waals surface area contributed by atoms with Gasteiger partial charge in [-0.1, -0.05) is 13.0 Å². The van der Waals surface area contributed by atoms with Crippen molar-refractivity contribution in [1.29, 1.82) is 0 Å². The standard InChI is InChI=1S/C18H19F2N5/c1-2-13-10-17(25-18(23-13)21-11-22-25)24-8-4-3-5-16(24)14-7-6-12(19)9-15(14)20/h6-7,9-11,16H,2-5,8H2,1H3. The maximum Gasteiger partial charge on any atom is 0.254 e. The van der Waals surface area contributed by atoms with Gasteiger partial charge in [0.15, 0.2) is 0 Å². The molecule has 3 heterocycles. The van der Waals surface area contributed by atoms with Gasteiger partial charge >= 0.3 is 0 Å². The van der Waals surface area contributed by atoms with Crippen LogP contribution in [0.3, 0.4) is 0 Å². The fourth-order valence-electron chi connectivity index (χ4n) is 3.53. The number of halogens is 2. The van der Waals surface area contributed by atoms with Gasteiger partial charge in [-0.2, -0.15) is 14.6 Å². The molecule has 0 radical (unpaired) electrons. The highest BCUT2D eigenvalue weighted by atomic mass is 19.1. The lowest BCUT2D eigenvalue weighted by atomic mass is 9.94. The van der Waals surface area contributed by atoms with Gasteiger partial charge in [0.25, 0.3) is 5.78 Å². The van der Waals surface area contributed by atoms with E-state index < -0.39 is 11.6 Å². The van der Waals surface area contributed by atoms with Crippen molar-refractivity contribution in [2.75, 3.05) is 11.4 Å². The number of aromatic nitrogens is 4. The molecule has 1 aliphatic rings. The molecule has 1 saturated heterocycles. The Morgan fingerprint density at radius 3 is 2.88 bits per heavy atom. The summed E-state index contributed by atoms with van der Waals surface area (Å²) in [5, 5.41) is 4.28. The average molecular weight is 343 g/mol. The van der Waals surface area contributed by atoms with Crippen molar-refractivity contribution < 1.29 is 8.78 Å². The molecule has 3 aromatic rings. The van der Waals surface area contributed by atoms with E-state index in [1.807, 2.05) is 13.0 Å². The molecular weight excluding hydrogens is 324 g/mol. The molecule has 25 heavy (non-hydrogen) atoms. The molecule has 0 N–H and O–H groups in total. The average Bonchev–Trinajstić information content (AvgIpc) is 3.09. The number of benzene rings is 1. The van der Waals surface area contributed by atoms with Crippen molar-refractivity contribution in [2.24, 2.45) is 0 Å². The largest absolute Gasteiger partial charge is 0.349 e. The van der Waals surface area contributed by atoms with E-state index >= 15 is 0 Å². The molecule has 0 bridgehead atoms. The molecule has 1 aromatic carbocycles. The third-order valence-electron chi connectivity index (χ3n) is 4.77. The van der Waals surface area contributed by atoms with Gasteiger partial charge in [0, 0.05) is 29.9 Å². The molecule has 7 heteroatoms. The number of hydrogen-bond donors (Lipinski definition) is 0. The van der Waals surface area contributed by atoms with E-state index in [1.54, 1.807) is 10.6 Å². The predicted octanol–water partition coefficient (Wildman–Crippen LogP) is 3.70. The molecular formula is C18H19F2N5. The molecule has 1 atom stereocenters. The zero-order valence-electron chi connectivity index (χ0n) is 14.0. The number of rotatable bonds is 3. The van der Waals surface area contributed by atoms with Crippen LogP contribution in [0.15, 0.2) is 30.6 Å². The summed E-state index contributed by atoms with van der Waals surface area (Å²) in [4.78, 5) is 10.8. The molecule has 130 valence electrons. The third kappa shape index (κ3) is 2.83. The molecule has 4 rings (SSSR count). The summed E-state index contributed by atoms with van der Waals surface area (Å²) in [7, 11) is 0. The Hall–Kier alpha value is -2.57. The van der Waals surface area contributed by atoms with E-state index in [2.05, 4.69) is 20.0 Å². The van der Waals surface area contributed by atoms with Crippen molar-refractivity contribution in [3.05, 3.63) is 53.5 Å². The Morgan fingerprint density at radius 2 is 2.08 bits per heavy atom. The van der Waals surface area contributed by atoms with E-state index in [-0.39, 0.29) is 6.04 Å². The quantitative estimate of drug-likeness (QED) is 0.727. The van der Waals surface area contributed by atoms with Crippen LogP contribution in [0.1, 0.15) is 43.5 Å². The SMILES string of the molecule is CCc1cc(N2CCCCC2c2ccc(F)cc2F)n2ncnc2n1. The molecule has 0 aliphatic carbocycles. The zero-order chi connectivity index (χ0) is 17.4. The zero-order valence-corrected chi connectivity index (χ0v) is 14.0. The number of hydrogen-bond acceptors (Lipinski definition) is 4. The highest BCUT2D eigenvalue weighted by molar-refractivity contribution is 5.50. The summed E-state index contributed by atoms with van der Waals surface area (Å²) in [5.41, 5.74) is 1.43. The number of anilines is 1. The number of nitrogens with zero attached hydrogens (tertiary/aromatic N) is 5. The lowest BCUT2D eigenvalue weighted by Crippen LogP contribution is -2.35. The number of fused-ring (bicyclic) bond motifs is 1. The van der Waals surface area contributed by atoms with Crippen LogP contribution in [0.5, 0.6) is 0 Å². The molecule has 1 aliphatic heterocycles. The monoisotopic (exact) mass is 343 g/mol. The van der Waals surface area contributed by atoms with Gasteiger partial charge in [0.1, 0.15) is 23.8 Å². The second kappa shape index (κ2) is 6.38. The molecule has 0 saturated carbocycles. The Balaban J connectivity index is 1.83. The predicted molar refractivity (Wildman–Crippen MR) is 90.5 cm³/mol. The Labute approximate surface area is 144 Å². The van der Waals surface area contributed by atoms with Gasteiger partial charge in [-0.3, -0.25) is 0 Å². The van der Waals surface area contributed by atoms with E-state index in [1.165, 1.54) is 12.4 Å². The van der Waals surface area contributed by atoms with Crippen LogP contribution in [0.2, 0.25) is 0 Å². The van der Waals surface area contributed by atoms with Gasteiger partial charge in [0.05, 0.1) is 6.04 Å². The van der Waals surface area contributed by atoms with E-state index in [0.717, 1.165) is 49.8 Å². The van der Waals surface area contributed by atoms with Crippen molar-refractivity contribution in [3.63, 3.8) is 0 Å². The molecule has 0 spiro atoms. The van der Waals surface area contributed by atoms with Gasteiger partial charge < -0.3 is 4.90 Å². The number of aryl methyl sites for hydroxylation is 1. The molecule has 2 aromatic heterocycles. The van der Waals surface area contributed by atoms with E-state index in [0.29, 0.717) is 11.3 Å². The second-order valence-electron chi connectivity index (χ2n) is 6.30. The summed E-state index contributed by atoms with van der Waals surface area (Å²) in [6, 6.07) is 5.65. The second-order valence-corrected chi connectivity index (χ2v) is 6.30. The maximum atomic E-state index is 14.4. The van der Waals surface area contributed by atoms with Crippen LogP contribution in [-0.2, 0) is 6.42 Å². The van der Waals surface area contributed by atoms with Crippen LogP contribution in [0.25, 0.3) is 5.78 Å². The minimum Gasteiger partial charge on any atom is -0.349 e. The van der Waals surface area contributed by atoms with Crippen LogP contribution in [0, 0.1) is 11.6 Å². The minimum absolute atomic E-state index is 0.158. The van der Waals surface area contributed by atoms with Gasteiger partial charge in [0.2, 0.25) is 0 Å². The summed E-state index contributed by atoms with van der Waals surface area (Å²) in [6.45, 7) is 2.82. The highest BCUT2D eigenvalue weighted by Gasteiger charge is 2.29. The lowest BCUT2D eigenvalue weighted by molar-refractivity contribution is 0.447. The normalized spacial score (nSPS) is 18.0. The first-order valence-electron chi connectivity index (χ1n) is 8.58. The van der Waals surface area contributed by atoms with Gasteiger partial charge in [-0.25, -0.2) is 13.8 Å². The van der Waals surface area contributed by atoms with Gasteiger partial charge in [-0.15, -0.1) is 0 Å². The van der Waals surface area contributed by atoms with Gasteiger partial charge in [-0.05, 0) is 31.7 Å². The Kier molecular flexibility index (Phi) is 4.07. The summed E-state index contributed by atoms with van der Waals surface area (Å²) in [6.07, 6.45) is 5.08.